The molecule has 0 spiro atoms. The monoisotopic (exact) mass is 512 g/mol. The summed E-state index contributed by atoms with van der Waals surface area (Å²) in [5.41, 5.74) is 0.976. The van der Waals surface area contributed by atoms with E-state index >= 15 is 0 Å². The Morgan fingerprint density at radius 2 is 1.27 bits per heavy atom. The molecule has 1 saturated heterocycles. The van der Waals surface area contributed by atoms with Crippen molar-refractivity contribution in [3.8, 4) is 0 Å². The first-order valence-corrected chi connectivity index (χ1v) is 15.2. The summed E-state index contributed by atoms with van der Waals surface area (Å²) in [6.07, 6.45) is 18.5. The van der Waals surface area contributed by atoms with Gasteiger partial charge in [-0.1, -0.05) is 82.8 Å². The Bertz CT molecular complexity index is 785. The molecule has 1 heterocycles. The molecule has 1 saturated carbocycles. The molecule has 0 atom stereocenters. The van der Waals surface area contributed by atoms with Crippen LogP contribution >= 0.6 is 0 Å². The van der Waals surface area contributed by atoms with Crippen molar-refractivity contribution in [2.24, 2.45) is 0 Å². The molecule has 6 nitrogen and oxygen atoms in total. The lowest BCUT2D eigenvalue weighted by Gasteiger charge is -2.32. The molecule has 1 aromatic rings. The number of benzene rings is 1. The zero-order valence-corrected chi connectivity index (χ0v) is 23.4. The van der Waals surface area contributed by atoms with Crippen LogP contribution in [0.25, 0.3) is 0 Å². The van der Waals surface area contributed by atoms with Gasteiger partial charge in [-0.05, 0) is 51.4 Å². The summed E-state index contributed by atoms with van der Waals surface area (Å²) in [5, 5.41) is 6.17. The van der Waals surface area contributed by atoms with Crippen molar-refractivity contribution in [3.63, 3.8) is 0 Å². The highest BCUT2D eigenvalue weighted by Gasteiger charge is 2.20. The third-order valence-electron chi connectivity index (χ3n) is 8.14. The number of carbonyl (C=O) groups excluding carboxylic acids is 2. The normalized spacial score (nSPS) is 17.5. The van der Waals surface area contributed by atoms with Crippen molar-refractivity contribution < 1.29 is 9.59 Å². The Balaban J connectivity index is 1.17. The highest BCUT2D eigenvalue weighted by Crippen LogP contribution is 2.19. The van der Waals surface area contributed by atoms with Crippen molar-refractivity contribution in [2.75, 3.05) is 46.3 Å². The highest BCUT2D eigenvalue weighted by molar-refractivity contribution is 6.07. The van der Waals surface area contributed by atoms with Crippen LogP contribution in [-0.4, -0.2) is 74.0 Å². The predicted octanol–water partition coefficient (Wildman–Crippen LogP) is 5.63. The minimum atomic E-state index is -0.137. The average molecular weight is 513 g/mol. The van der Waals surface area contributed by atoms with E-state index in [0.717, 1.165) is 25.7 Å². The number of nitrogens with zero attached hydrogens (tertiary/aromatic N) is 2. The van der Waals surface area contributed by atoms with E-state index in [9.17, 15) is 9.59 Å². The molecule has 2 aliphatic rings. The third-order valence-corrected chi connectivity index (χ3v) is 8.14. The summed E-state index contributed by atoms with van der Waals surface area (Å²) in [5.74, 6) is -0.255. The number of rotatable bonds is 16. The Morgan fingerprint density at radius 1 is 0.730 bits per heavy atom. The van der Waals surface area contributed by atoms with Crippen molar-refractivity contribution in [2.45, 2.75) is 102 Å². The smallest absolute Gasteiger partial charge is 0.252 e. The molecule has 6 heteroatoms. The summed E-state index contributed by atoms with van der Waals surface area (Å²) in [6, 6.07) is 7.43. The second-order valence-electron chi connectivity index (χ2n) is 11.3. The average Bonchev–Trinajstić information content (AvgIpc) is 2.92. The highest BCUT2D eigenvalue weighted by atomic mass is 16.2. The maximum absolute atomic E-state index is 12.8. The molecule has 2 N–H and O–H groups in total. The van der Waals surface area contributed by atoms with Gasteiger partial charge < -0.3 is 20.4 Å². The summed E-state index contributed by atoms with van der Waals surface area (Å²) >= 11 is 0. The fourth-order valence-corrected chi connectivity index (χ4v) is 5.63. The maximum atomic E-state index is 12.8. The van der Waals surface area contributed by atoms with E-state index in [0.29, 0.717) is 17.7 Å². The van der Waals surface area contributed by atoms with Gasteiger partial charge in [-0.3, -0.25) is 9.59 Å². The van der Waals surface area contributed by atoms with Crippen molar-refractivity contribution in [3.05, 3.63) is 35.4 Å². The molecular formula is C31H52N4O2. The molecular weight excluding hydrogens is 460 g/mol. The Hall–Kier alpha value is -1.92. The van der Waals surface area contributed by atoms with Gasteiger partial charge in [-0.15, -0.1) is 0 Å². The number of carbonyl (C=O) groups is 2. The minimum Gasteiger partial charge on any atom is -0.352 e. The maximum Gasteiger partial charge on any atom is 0.252 e. The predicted molar refractivity (Wildman–Crippen MR) is 153 cm³/mol. The van der Waals surface area contributed by atoms with Gasteiger partial charge in [0, 0.05) is 38.8 Å². The SMILES string of the molecule is CN1CCN(CCCCCCCCCCCCNC(=O)c2ccccc2C(=O)NC2CCCCC2)CC1. The first-order chi connectivity index (χ1) is 18.1. The zero-order valence-electron chi connectivity index (χ0n) is 23.4. The molecule has 208 valence electrons. The number of likely N-dealkylation sites (N-methyl/N-ethyl adjacent to an activating group) is 1. The van der Waals surface area contributed by atoms with Gasteiger partial charge in [0.2, 0.25) is 0 Å². The first kappa shape index (κ1) is 29.6. The number of amides is 2. The van der Waals surface area contributed by atoms with E-state index in [1.807, 2.05) is 12.1 Å². The second kappa shape index (κ2) is 17.6. The van der Waals surface area contributed by atoms with Crippen LogP contribution in [-0.2, 0) is 0 Å². The van der Waals surface area contributed by atoms with Crippen LogP contribution in [0.3, 0.4) is 0 Å². The van der Waals surface area contributed by atoms with Gasteiger partial charge in [-0.2, -0.15) is 0 Å². The molecule has 1 aromatic carbocycles. The van der Waals surface area contributed by atoms with Crippen LogP contribution in [0.15, 0.2) is 24.3 Å². The van der Waals surface area contributed by atoms with Crippen LogP contribution in [0.4, 0.5) is 0 Å². The lowest BCUT2D eigenvalue weighted by atomic mass is 9.95. The molecule has 0 radical (unpaired) electrons. The van der Waals surface area contributed by atoms with E-state index in [4.69, 9.17) is 0 Å². The van der Waals surface area contributed by atoms with Gasteiger partial charge >= 0.3 is 0 Å². The number of unbranched alkanes of at least 4 members (excludes halogenated alkanes) is 9. The van der Waals surface area contributed by atoms with E-state index in [-0.39, 0.29) is 17.9 Å². The number of hydrogen-bond acceptors (Lipinski definition) is 4. The van der Waals surface area contributed by atoms with E-state index < -0.39 is 0 Å². The molecule has 37 heavy (non-hydrogen) atoms. The van der Waals surface area contributed by atoms with E-state index in [2.05, 4.69) is 27.5 Å². The molecule has 0 unspecified atom stereocenters. The lowest BCUT2D eigenvalue weighted by Crippen LogP contribution is -2.44. The number of piperazine rings is 1. The van der Waals surface area contributed by atoms with Crippen molar-refractivity contribution in [1.82, 2.24) is 20.4 Å². The number of hydrogen-bond donors (Lipinski definition) is 2. The summed E-state index contributed by atoms with van der Waals surface area (Å²) in [4.78, 5) is 30.6. The van der Waals surface area contributed by atoms with Gasteiger partial charge in [0.25, 0.3) is 11.8 Å². The van der Waals surface area contributed by atoms with Gasteiger partial charge in [0.05, 0.1) is 11.1 Å². The minimum absolute atomic E-state index is 0.118. The Kier molecular flexibility index (Phi) is 14.1. The third kappa shape index (κ3) is 11.6. The molecule has 2 fully saturated rings. The standard InChI is InChI=1S/C31H52N4O2/c1-34-23-25-35(26-24-34)22-16-9-7-5-3-2-4-6-8-15-21-32-30(36)28-19-13-14-20-29(28)31(37)33-27-17-11-10-12-18-27/h13-14,19-20,27H,2-12,15-18,21-26H2,1H3,(H,32,36)(H,33,37). The van der Waals surface area contributed by atoms with Crippen LogP contribution in [0.1, 0.15) is 117 Å². The first-order valence-electron chi connectivity index (χ1n) is 15.2. The van der Waals surface area contributed by atoms with Crippen LogP contribution in [0.2, 0.25) is 0 Å². The molecule has 0 aromatic heterocycles. The fraction of sp³-hybridized carbons (Fsp3) is 0.742. The largest absolute Gasteiger partial charge is 0.352 e. The van der Waals surface area contributed by atoms with E-state index in [1.165, 1.54) is 103 Å². The van der Waals surface area contributed by atoms with Crippen molar-refractivity contribution >= 4 is 11.8 Å². The Labute approximate surface area is 225 Å². The van der Waals surface area contributed by atoms with E-state index in [1.54, 1.807) is 12.1 Å². The van der Waals surface area contributed by atoms with Crippen LogP contribution in [0, 0.1) is 0 Å². The molecule has 1 aliphatic heterocycles. The topological polar surface area (TPSA) is 64.7 Å². The molecule has 2 amide bonds. The second-order valence-corrected chi connectivity index (χ2v) is 11.3. The summed E-state index contributed by atoms with van der Waals surface area (Å²) in [6.45, 7) is 6.88. The van der Waals surface area contributed by atoms with Crippen molar-refractivity contribution in [1.29, 1.82) is 0 Å². The quantitative estimate of drug-likeness (QED) is 0.282. The van der Waals surface area contributed by atoms with Crippen LogP contribution in [0.5, 0.6) is 0 Å². The molecule has 1 aliphatic carbocycles. The van der Waals surface area contributed by atoms with Gasteiger partial charge in [0.15, 0.2) is 0 Å². The fourth-order valence-electron chi connectivity index (χ4n) is 5.63. The van der Waals surface area contributed by atoms with Crippen LogP contribution < -0.4 is 10.6 Å². The number of nitrogens with one attached hydrogen (secondary N) is 2. The Morgan fingerprint density at radius 3 is 1.89 bits per heavy atom. The summed E-state index contributed by atoms with van der Waals surface area (Å²) < 4.78 is 0. The zero-order chi connectivity index (χ0) is 26.1. The summed E-state index contributed by atoms with van der Waals surface area (Å²) in [7, 11) is 2.22. The molecule has 0 bridgehead atoms. The lowest BCUT2D eigenvalue weighted by molar-refractivity contribution is 0.0903. The molecule has 3 rings (SSSR count). The van der Waals surface area contributed by atoms with Gasteiger partial charge in [0.1, 0.15) is 0 Å². The van der Waals surface area contributed by atoms with Gasteiger partial charge in [-0.25, -0.2) is 0 Å².